The third-order valence-electron chi connectivity index (χ3n) is 2.16. The Hall–Kier alpha value is -0.870. The smallest absolute Gasteiger partial charge is 0.104 e. The summed E-state index contributed by atoms with van der Waals surface area (Å²) in [5.74, 6) is 0.894. The van der Waals surface area contributed by atoms with E-state index < -0.39 is 6.10 Å². The van der Waals surface area contributed by atoms with Gasteiger partial charge in [-0.2, -0.15) is 0 Å². The minimum absolute atomic E-state index is 0.456. The predicted octanol–water partition coefficient (Wildman–Crippen LogP) is 2.30. The van der Waals surface area contributed by atoms with Crippen molar-refractivity contribution in [2.24, 2.45) is 0 Å². The lowest BCUT2D eigenvalue weighted by Gasteiger charge is -2.05. The Kier molecular flexibility index (Phi) is 2.56. The molecule has 2 aromatic rings. The molecule has 1 unspecified atom stereocenters. The van der Waals surface area contributed by atoms with Gasteiger partial charge in [0.1, 0.15) is 5.82 Å². The quantitative estimate of drug-likeness (QED) is 0.809. The standard InChI is InChI=1S/C10H11BrN2O/c1-6-12-8-3-2-7(10(14)5-11)4-9(8)13-6/h2-4,10,14H,5H2,1H3,(H,12,13). The summed E-state index contributed by atoms with van der Waals surface area (Å²) in [7, 11) is 0. The van der Waals surface area contributed by atoms with Crippen LogP contribution in [0.4, 0.5) is 0 Å². The van der Waals surface area contributed by atoms with Gasteiger partial charge in [-0.05, 0) is 24.6 Å². The molecular formula is C10H11BrN2O. The number of aromatic amines is 1. The minimum Gasteiger partial charge on any atom is -0.388 e. The first-order valence-electron chi connectivity index (χ1n) is 4.41. The van der Waals surface area contributed by atoms with Gasteiger partial charge in [-0.15, -0.1) is 0 Å². The zero-order chi connectivity index (χ0) is 10.1. The number of aryl methyl sites for hydroxylation is 1. The van der Waals surface area contributed by atoms with E-state index in [1.54, 1.807) is 0 Å². The number of aliphatic hydroxyl groups excluding tert-OH is 1. The van der Waals surface area contributed by atoms with Crippen molar-refractivity contribution in [1.82, 2.24) is 9.97 Å². The molecule has 0 saturated carbocycles. The molecule has 0 aliphatic rings. The highest BCUT2D eigenvalue weighted by atomic mass is 79.9. The van der Waals surface area contributed by atoms with Crippen molar-refractivity contribution in [3.63, 3.8) is 0 Å². The van der Waals surface area contributed by atoms with Gasteiger partial charge in [-0.1, -0.05) is 22.0 Å². The number of benzene rings is 1. The fourth-order valence-corrected chi connectivity index (χ4v) is 1.82. The summed E-state index contributed by atoms with van der Waals surface area (Å²) in [5.41, 5.74) is 2.81. The van der Waals surface area contributed by atoms with E-state index in [1.807, 2.05) is 25.1 Å². The van der Waals surface area contributed by atoms with Gasteiger partial charge in [0.25, 0.3) is 0 Å². The highest BCUT2D eigenvalue weighted by Gasteiger charge is 2.07. The van der Waals surface area contributed by atoms with Crippen molar-refractivity contribution in [2.45, 2.75) is 13.0 Å². The monoisotopic (exact) mass is 254 g/mol. The van der Waals surface area contributed by atoms with E-state index in [-0.39, 0.29) is 0 Å². The highest BCUT2D eigenvalue weighted by Crippen LogP contribution is 2.20. The Labute approximate surface area is 90.3 Å². The lowest BCUT2D eigenvalue weighted by Crippen LogP contribution is -1.97. The molecule has 0 radical (unpaired) electrons. The maximum atomic E-state index is 9.61. The minimum atomic E-state index is -0.456. The van der Waals surface area contributed by atoms with Gasteiger partial charge in [0.2, 0.25) is 0 Å². The van der Waals surface area contributed by atoms with Crippen LogP contribution in [-0.2, 0) is 0 Å². The Morgan fingerprint density at radius 1 is 1.57 bits per heavy atom. The molecule has 0 amide bonds. The van der Waals surface area contributed by atoms with Crippen molar-refractivity contribution >= 4 is 27.0 Å². The Morgan fingerprint density at radius 3 is 3.07 bits per heavy atom. The molecule has 0 bridgehead atoms. The molecular weight excluding hydrogens is 244 g/mol. The molecule has 0 saturated heterocycles. The molecule has 1 heterocycles. The third-order valence-corrected chi connectivity index (χ3v) is 2.77. The summed E-state index contributed by atoms with van der Waals surface area (Å²) < 4.78 is 0. The molecule has 0 aliphatic carbocycles. The summed E-state index contributed by atoms with van der Waals surface area (Å²) in [6.45, 7) is 1.92. The molecule has 0 spiro atoms. The van der Waals surface area contributed by atoms with Crippen molar-refractivity contribution in [3.05, 3.63) is 29.6 Å². The fourth-order valence-electron chi connectivity index (χ4n) is 1.45. The van der Waals surface area contributed by atoms with Crippen molar-refractivity contribution in [2.75, 3.05) is 5.33 Å². The Balaban J connectivity index is 2.50. The number of nitrogens with one attached hydrogen (secondary N) is 1. The molecule has 1 atom stereocenters. The molecule has 0 aliphatic heterocycles. The highest BCUT2D eigenvalue weighted by molar-refractivity contribution is 9.09. The molecule has 0 fully saturated rings. The predicted molar refractivity (Wildman–Crippen MR) is 59.6 cm³/mol. The van der Waals surface area contributed by atoms with Gasteiger partial charge in [0.05, 0.1) is 17.1 Å². The van der Waals surface area contributed by atoms with Crippen LogP contribution in [0.15, 0.2) is 18.2 Å². The van der Waals surface area contributed by atoms with Crippen LogP contribution in [0.2, 0.25) is 0 Å². The number of imidazole rings is 1. The normalized spacial score (nSPS) is 13.4. The second-order valence-electron chi connectivity index (χ2n) is 3.27. The second-order valence-corrected chi connectivity index (χ2v) is 3.92. The number of nitrogens with zero attached hydrogens (tertiary/aromatic N) is 1. The molecule has 3 nitrogen and oxygen atoms in total. The van der Waals surface area contributed by atoms with Gasteiger partial charge >= 0.3 is 0 Å². The van der Waals surface area contributed by atoms with E-state index >= 15 is 0 Å². The van der Waals surface area contributed by atoms with Crippen LogP contribution in [0.25, 0.3) is 11.0 Å². The molecule has 14 heavy (non-hydrogen) atoms. The van der Waals surface area contributed by atoms with Gasteiger partial charge in [-0.25, -0.2) is 4.98 Å². The third kappa shape index (κ3) is 1.67. The number of fused-ring (bicyclic) bond motifs is 1. The van der Waals surface area contributed by atoms with E-state index in [0.717, 1.165) is 22.4 Å². The van der Waals surface area contributed by atoms with Crippen molar-refractivity contribution in [1.29, 1.82) is 0 Å². The summed E-state index contributed by atoms with van der Waals surface area (Å²) in [6.07, 6.45) is -0.456. The van der Waals surface area contributed by atoms with E-state index in [2.05, 4.69) is 25.9 Å². The molecule has 1 aromatic heterocycles. The summed E-state index contributed by atoms with van der Waals surface area (Å²) in [4.78, 5) is 7.43. The van der Waals surface area contributed by atoms with Gasteiger partial charge in [-0.3, -0.25) is 0 Å². The number of halogens is 1. The van der Waals surface area contributed by atoms with Crippen LogP contribution in [0, 0.1) is 6.92 Å². The number of H-pyrrole nitrogens is 1. The maximum Gasteiger partial charge on any atom is 0.104 e. The lowest BCUT2D eigenvalue weighted by molar-refractivity contribution is 0.205. The van der Waals surface area contributed by atoms with Crippen LogP contribution in [0.5, 0.6) is 0 Å². The summed E-state index contributed by atoms with van der Waals surface area (Å²) >= 11 is 3.24. The van der Waals surface area contributed by atoms with Crippen LogP contribution < -0.4 is 0 Å². The van der Waals surface area contributed by atoms with E-state index in [4.69, 9.17) is 0 Å². The van der Waals surface area contributed by atoms with E-state index in [9.17, 15) is 5.11 Å². The topological polar surface area (TPSA) is 48.9 Å². The number of alkyl halides is 1. The number of aromatic nitrogens is 2. The fraction of sp³-hybridized carbons (Fsp3) is 0.300. The molecule has 2 N–H and O–H groups in total. The zero-order valence-corrected chi connectivity index (χ0v) is 9.37. The average Bonchev–Trinajstić information content (AvgIpc) is 2.55. The van der Waals surface area contributed by atoms with Gasteiger partial charge in [0, 0.05) is 5.33 Å². The average molecular weight is 255 g/mol. The van der Waals surface area contributed by atoms with Crippen molar-refractivity contribution < 1.29 is 5.11 Å². The first-order chi connectivity index (χ1) is 6.70. The summed E-state index contributed by atoms with van der Waals surface area (Å²) in [6, 6.07) is 5.75. The number of rotatable bonds is 2. The Morgan fingerprint density at radius 2 is 2.36 bits per heavy atom. The Bertz CT molecular complexity index is 452. The van der Waals surface area contributed by atoms with Gasteiger partial charge in [0.15, 0.2) is 0 Å². The first-order valence-corrected chi connectivity index (χ1v) is 5.53. The van der Waals surface area contributed by atoms with E-state index in [1.165, 1.54) is 0 Å². The molecule has 74 valence electrons. The summed E-state index contributed by atoms with van der Waals surface area (Å²) in [5, 5.41) is 10.2. The lowest BCUT2D eigenvalue weighted by atomic mass is 10.1. The van der Waals surface area contributed by atoms with E-state index in [0.29, 0.717) is 5.33 Å². The molecule has 4 heteroatoms. The van der Waals surface area contributed by atoms with Crippen LogP contribution >= 0.6 is 15.9 Å². The number of hydrogen-bond donors (Lipinski definition) is 2. The largest absolute Gasteiger partial charge is 0.388 e. The first kappa shape index (κ1) is 9.68. The van der Waals surface area contributed by atoms with Crippen LogP contribution in [0.3, 0.4) is 0 Å². The van der Waals surface area contributed by atoms with Crippen LogP contribution in [-0.4, -0.2) is 20.4 Å². The molecule has 1 aromatic carbocycles. The SMILES string of the molecule is Cc1nc2ccc(C(O)CBr)cc2[nH]1. The van der Waals surface area contributed by atoms with Crippen molar-refractivity contribution in [3.8, 4) is 0 Å². The number of hydrogen-bond acceptors (Lipinski definition) is 2. The second kappa shape index (κ2) is 3.71. The maximum absolute atomic E-state index is 9.61. The zero-order valence-electron chi connectivity index (χ0n) is 7.79. The van der Waals surface area contributed by atoms with Crippen LogP contribution in [0.1, 0.15) is 17.5 Å². The van der Waals surface area contributed by atoms with Gasteiger partial charge < -0.3 is 10.1 Å². The molecule has 2 rings (SSSR count). The number of aliphatic hydroxyl groups is 1.